The van der Waals surface area contributed by atoms with E-state index in [4.69, 9.17) is 15.2 Å². The number of nitrogens with two attached hydrogens (primary N) is 1. The molecule has 18 heavy (non-hydrogen) atoms. The van der Waals surface area contributed by atoms with E-state index in [9.17, 15) is 5.11 Å². The number of hydrogen-bond acceptors (Lipinski definition) is 5. The van der Waals surface area contributed by atoms with Gasteiger partial charge in [0.25, 0.3) is 0 Å². The number of methoxy groups -OCH3 is 1. The van der Waals surface area contributed by atoms with Gasteiger partial charge in [-0.1, -0.05) is 12.1 Å². The van der Waals surface area contributed by atoms with Crippen LogP contribution in [-0.4, -0.2) is 49.9 Å². The van der Waals surface area contributed by atoms with Crippen LogP contribution >= 0.6 is 0 Å². The molecule has 1 aromatic carbocycles. The van der Waals surface area contributed by atoms with Crippen molar-refractivity contribution in [3.05, 3.63) is 23.8 Å². The van der Waals surface area contributed by atoms with Gasteiger partial charge in [0, 0.05) is 25.2 Å². The number of likely N-dealkylation sites (tertiary alicyclic amines) is 1. The Balaban J connectivity index is 2.23. The molecule has 100 valence electrons. The maximum absolute atomic E-state index is 9.91. The standard InChI is InChI=1S/C13H20N2O3/c1-15-7-9(8-15)18-13-10(11(16)6-14)4-3-5-12(13)17-2/h3-5,9,11,16H,6-8,14H2,1-2H3. The average Bonchev–Trinajstić information content (AvgIpc) is 2.36. The lowest BCUT2D eigenvalue weighted by Gasteiger charge is -2.36. The van der Waals surface area contributed by atoms with E-state index in [1.807, 2.05) is 25.2 Å². The summed E-state index contributed by atoms with van der Waals surface area (Å²) in [5.74, 6) is 1.24. The predicted octanol–water partition coefficient (Wildman–Crippen LogP) is 0.380. The number of nitrogens with zero attached hydrogens (tertiary/aromatic N) is 1. The minimum Gasteiger partial charge on any atom is -0.493 e. The van der Waals surface area contributed by atoms with Gasteiger partial charge in [-0.25, -0.2) is 0 Å². The normalized spacial score (nSPS) is 18.2. The molecule has 1 fully saturated rings. The maximum Gasteiger partial charge on any atom is 0.167 e. The molecule has 0 saturated carbocycles. The van der Waals surface area contributed by atoms with Gasteiger partial charge in [-0.05, 0) is 13.1 Å². The molecule has 1 aliphatic rings. The van der Waals surface area contributed by atoms with E-state index in [1.165, 1.54) is 0 Å². The summed E-state index contributed by atoms with van der Waals surface area (Å²) < 4.78 is 11.2. The highest BCUT2D eigenvalue weighted by Gasteiger charge is 2.28. The van der Waals surface area contributed by atoms with Gasteiger partial charge < -0.3 is 20.3 Å². The van der Waals surface area contributed by atoms with Crippen LogP contribution in [-0.2, 0) is 0 Å². The third-order valence-corrected chi connectivity index (χ3v) is 3.13. The van der Waals surface area contributed by atoms with Crippen LogP contribution in [0.4, 0.5) is 0 Å². The summed E-state index contributed by atoms with van der Waals surface area (Å²) in [4.78, 5) is 2.17. The van der Waals surface area contributed by atoms with Crippen molar-refractivity contribution in [2.24, 2.45) is 5.73 Å². The summed E-state index contributed by atoms with van der Waals surface area (Å²) in [6.45, 7) is 1.93. The van der Waals surface area contributed by atoms with Gasteiger partial charge in [0.1, 0.15) is 6.10 Å². The SMILES string of the molecule is COc1cccc(C(O)CN)c1OC1CN(C)C1. The number of aliphatic hydroxyl groups excluding tert-OH is 1. The minimum atomic E-state index is -0.729. The van der Waals surface area contributed by atoms with E-state index in [2.05, 4.69) is 4.90 Å². The molecule has 1 atom stereocenters. The smallest absolute Gasteiger partial charge is 0.167 e. The van der Waals surface area contributed by atoms with E-state index >= 15 is 0 Å². The Morgan fingerprint density at radius 2 is 2.22 bits per heavy atom. The zero-order valence-corrected chi connectivity index (χ0v) is 10.8. The van der Waals surface area contributed by atoms with Gasteiger partial charge in [0.2, 0.25) is 0 Å². The first-order valence-corrected chi connectivity index (χ1v) is 6.06. The fourth-order valence-electron chi connectivity index (χ4n) is 2.09. The molecule has 0 radical (unpaired) electrons. The van der Waals surface area contributed by atoms with Crippen LogP contribution in [0, 0.1) is 0 Å². The molecule has 1 saturated heterocycles. The number of likely N-dealkylation sites (N-methyl/N-ethyl adjacent to an activating group) is 1. The Kier molecular flexibility index (Phi) is 4.06. The molecule has 5 heteroatoms. The van der Waals surface area contributed by atoms with Crippen molar-refractivity contribution in [1.82, 2.24) is 4.90 Å². The summed E-state index contributed by atoms with van der Waals surface area (Å²) in [5.41, 5.74) is 6.20. The molecular weight excluding hydrogens is 232 g/mol. The van der Waals surface area contributed by atoms with Gasteiger partial charge in [0.15, 0.2) is 11.5 Å². The summed E-state index contributed by atoms with van der Waals surface area (Å²) in [6.07, 6.45) is -0.581. The van der Waals surface area contributed by atoms with Crippen LogP contribution in [0.15, 0.2) is 18.2 Å². The first kappa shape index (κ1) is 13.1. The van der Waals surface area contributed by atoms with Gasteiger partial charge in [-0.2, -0.15) is 0 Å². The molecule has 0 amide bonds. The molecule has 3 N–H and O–H groups in total. The number of ether oxygens (including phenoxy) is 2. The van der Waals surface area contributed by atoms with Gasteiger partial charge in [-0.15, -0.1) is 0 Å². The average molecular weight is 252 g/mol. The first-order valence-electron chi connectivity index (χ1n) is 6.06. The van der Waals surface area contributed by atoms with Gasteiger partial charge >= 0.3 is 0 Å². The van der Waals surface area contributed by atoms with Crippen molar-refractivity contribution in [3.8, 4) is 11.5 Å². The molecule has 1 unspecified atom stereocenters. The highest BCUT2D eigenvalue weighted by molar-refractivity contribution is 5.48. The second-order valence-electron chi connectivity index (χ2n) is 4.59. The zero-order chi connectivity index (χ0) is 13.1. The molecule has 2 rings (SSSR count). The predicted molar refractivity (Wildman–Crippen MR) is 68.9 cm³/mol. The monoisotopic (exact) mass is 252 g/mol. The third-order valence-electron chi connectivity index (χ3n) is 3.13. The fraction of sp³-hybridized carbons (Fsp3) is 0.538. The molecule has 1 aromatic rings. The van der Waals surface area contributed by atoms with Crippen molar-refractivity contribution in [2.45, 2.75) is 12.2 Å². The molecule has 1 heterocycles. The molecule has 0 spiro atoms. The van der Waals surface area contributed by atoms with Crippen LogP contribution in [0.5, 0.6) is 11.5 Å². The van der Waals surface area contributed by atoms with Crippen molar-refractivity contribution < 1.29 is 14.6 Å². The Bertz CT molecular complexity index is 405. The second-order valence-corrected chi connectivity index (χ2v) is 4.59. The Morgan fingerprint density at radius 3 is 2.78 bits per heavy atom. The van der Waals surface area contributed by atoms with E-state index < -0.39 is 6.10 Å². The van der Waals surface area contributed by atoms with Crippen molar-refractivity contribution in [2.75, 3.05) is 33.8 Å². The summed E-state index contributed by atoms with van der Waals surface area (Å²) in [6, 6.07) is 5.47. The maximum atomic E-state index is 9.91. The Labute approximate surface area is 107 Å². The van der Waals surface area contributed by atoms with Crippen LogP contribution in [0.2, 0.25) is 0 Å². The Hall–Kier alpha value is -1.30. The van der Waals surface area contributed by atoms with Gasteiger partial charge in [-0.3, -0.25) is 4.90 Å². The van der Waals surface area contributed by atoms with Crippen LogP contribution < -0.4 is 15.2 Å². The fourth-order valence-corrected chi connectivity index (χ4v) is 2.09. The Morgan fingerprint density at radius 1 is 1.50 bits per heavy atom. The molecule has 1 aliphatic heterocycles. The zero-order valence-electron chi connectivity index (χ0n) is 10.8. The van der Waals surface area contributed by atoms with E-state index in [0.29, 0.717) is 17.1 Å². The first-order chi connectivity index (χ1) is 8.65. The number of rotatable bonds is 5. The van der Waals surface area contributed by atoms with Crippen molar-refractivity contribution >= 4 is 0 Å². The highest BCUT2D eigenvalue weighted by Crippen LogP contribution is 2.36. The molecule has 0 aromatic heterocycles. The quantitative estimate of drug-likeness (QED) is 0.793. The summed E-state index contributed by atoms with van der Waals surface area (Å²) >= 11 is 0. The van der Waals surface area contributed by atoms with E-state index in [1.54, 1.807) is 7.11 Å². The second kappa shape index (κ2) is 5.56. The topological polar surface area (TPSA) is 68.0 Å². The number of hydrogen-bond donors (Lipinski definition) is 2. The third kappa shape index (κ3) is 2.58. The molecule has 0 bridgehead atoms. The van der Waals surface area contributed by atoms with Gasteiger partial charge in [0.05, 0.1) is 13.2 Å². The summed E-state index contributed by atoms with van der Waals surface area (Å²) in [7, 11) is 3.63. The minimum absolute atomic E-state index is 0.148. The van der Waals surface area contributed by atoms with Crippen molar-refractivity contribution in [1.29, 1.82) is 0 Å². The number of benzene rings is 1. The molecule has 0 aliphatic carbocycles. The molecule has 5 nitrogen and oxygen atoms in total. The van der Waals surface area contributed by atoms with E-state index in [0.717, 1.165) is 13.1 Å². The largest absolute Gasteiger partial charge is 0.493 e. The van der Waals surface area contributed by atoms with Crippen LogP contribution in [0.3, 0.4) is 0 Å². The highest BCUT2D eigenvalue weighted by atomic mass is 16.5. The van der Waals surface area contributed by atoms with E-state index in [-0.39, 0.29) is 12.6 Å². The lowest BCUT2D eigenvalue weighted by atomic mass is 10.1. The van der Waals surface area contributed by atoms with Crippen molar-refractivity contribution in [3.63, 3.8) is 0 Å². The summed E-state index contributed by atoms with van der Waals surface area (Å²) in [5, 5.41) is 9.91. The number of para-hydroxylation sites is 1. The van der Waals surface area contributed by atoms with Crippen LogP contribution in [0.1, 0.15) is 11.7 Å². The number of aliphatic hydroxyl groups is 1. The lowest BCUT2D eigenvalue weighted by molar-refractivity contribution is 0.0341. The molecular formula is C13H20N2O3. The van der Waals surface area contributed by atoms with Crippen LogP contribution in [0.25, 0.3) is 0 Å². The lowest BCUT2D eigenvalue weighted by Crippen LogP contribution is -2.51.